The molecule has 0 radical (unpaired) electrons. The van der Waals surface area contributed by atoms with E-state index >= 15 is 0 Å². The van der Waals surface area contributed by atoms with E-state index in [1.807, 2.05) is 12.1 Å². The zero-order chi connectivity index (χ0) is 11.8. The summed E-state index contributed by atoms with van der Waals surface area (Å²) in [5.41, 5.74) is 7.13. The summed E-state index contributed by atoms with van der Waals surface area (Å²) < 4.78 is 1.32. The van der Waals surface area contributed by atoms with Gasteiger partial charge in [0.1, 0.15) is 5.75 Å². The number of hydrogen-bond acceptors (Lipinski definition) is 2. The van der Waals surface area contributed by atoms with Crippen LogP contribution in [0, 0.1) is 5.41 Å². The Morgan fingerprint density at radius 2 is 1.56 bits per heavy atom. The van der Waals surface area contributed by atoms with Crippen LogP contribution in [0.25, 0.3) is 0 Å². The topological polar surface area (TPSA) is 46.2 Å². The fourth-order valence-electron chi connectivity index (χ4n) is 1.26. The van der Waals surface area contributed by atoms with E-state index in [2.05, 4.69) is 52.6 Å². The summed E-state index contributed by atoms with van der Waals surface area (Å²) in [5.74, 6) is 0.208. The van der Waals surface area contributed by atoms with Crippen molar-refractivity contribution in [2.75, 3.05) is 0 Å². The Bertz CT molecular complexity index is 354. The molecule has 0 aliphatic heterocycles. The monoisotopic (exact) mass is 371 g/mol. The Labute approximate surface area is 119 Å². The Morgan fingerprint density at radius 1 is 1.19 bits per heavy atom. The van der Waals surface area contributed by atoms with Crippen LogP contribution in [-0.2, 0) is 0 Å². The maximum atomic E-state index is 9.58. The van der Waals surface area contributed by atoms with E-state index < -0.39 is 0 Å². The lowest BCUT2D eigenvalue weighted by Crippen LogP contribution is -2.26. The van der Waals surface area contributed by atoms with Gasteiger partial charge >= 0.3 is 0 Å². The fraction of sp³-hybridized carbons (Fsp3) is 0.455. The molecule has 0 saturated carbocycles. The first-order valence-corrected chi connectivity index (χ1v) is 6.25. The van der Waals surface area contributed by atoms with Crippen LogP contribution in [0.4, 0.5) is 0 Å². The van der Waals surface area contributed by atoms with Gasteiger partial charge in [-0.15, -0.1) is 12.4 Å². The van der Waals surface area contributed by atoms with Crippen LogP contribution in [0.15, 0.2) is 21.1 Å². The van der Waals surface area contributed by atoms with E-state index in [9.17, 15) is 5.11 Å². The van der Waals surface area contributed by atoms with Crippen molar-refractivity contribution < 1.29 is 5.11 Å². The number of aromatic hydroxyl groups is 1. The number of phenols is 1. The van der Waals surface area contributed by atoms with Crippen LogP contribution in [0.1, 0.15) is 32.4 Å². The van der Waals surface area contributed by atoms with E-state index in [-0.39, 0.29) is 29.6 Å². The van der Waals surface area contributed by atoms with Crippen LogP contribution in [0.5, 0.6) is 5.75 Å². The molecule has 16 heavy (non-hydrogen) atoms. The highest BCUT2D eigenvalue weighted by Crippen LogP contribution is 2.38. The fourth-order valence-corrected chi connectivity index (χ4v) is 2.49. The Kier molecular flexibility index (Phi) is 5.80. The quantitative estimate of drug-likeness (QED) is 0.767. The van der Waals surface area contributed by atoms with Crippen molar-refractivity contribution in [3.63, 3.8) is 0 Å². The first-order valence-electron chi connectivity index (χ1n) is 4.67. The molecule has 1 rings (SSSR count). The first kappa shape index (κ1) is 16.2. The van der Waals surface area contributed by atoms with Gasteiger partial charge < -0.3 is 10.8 Å². The molecule has 5 heteroatoms. The lowest BCUT2D eigenvalue weighted by Gasteiger charge is -2.27. The van der Waals surface area contributed by atoms with Gasteiger partial charge in [0.25, 0.3) is 0 Å². The molecule has 92 valence electrons. The molecule has 0 aliphatic rings. The third-order valence-electron chi connectivity index (χ3n) is 2.33. The molecule has 1 aromatic carbocycles. The molecule has 1 aromatic rings. The number of halogens is 3. The van der Waals surface area contributed by atoms with Gasteiger partial charge in [0, 0.05) is 6.04 Å². The molecular formula is C11H16Br2ClNO. The smallest absolute Gasteiger partial charge is 0.143 e. The summed E-state index contributed by atoms with van der Waals surface area (Å²) in [6.45, 7) is 6.27. The van der Waals surface area contributed by atoms with Crippen molar-refractivity contribution in [3.8, 4) is 5.75 Å². The predicted molar refractivity (Wildman–Crippen MR) is 77.1 cm³/mol. The highest BCUT2D eigenvalue weighted by Gasteiger charge is 2.23. The molecule has 0 saturated heterocycles. The maximum Gasteiger partial charge on any atom is 0.143 e. The highest BCUT2D eigenvalue weighted by molar-refractivity contribution is 9.11. The second-order valence-electron chi connectivity index (χ2n) is 4.68. The van der Waals surface area contributed by atoms with Crippen molar-refractivity contribution in [2.45, 2.75) is 26.8 Å². The average Bonchev–Trinajstić information content (AvgIpc) is 2.10. The molecule has 1 atom stereocenters. The van der Waals surface area contributed by atoms with Crippen LogP contribution < -0.4 is 5.73 Å². The van der Waals surface area contributed by atoms with E-state index in [0.717, 1.165) is 5.56 Å². The van der Waals surface area contributed by atoms with Gasteiger partial charge in [-0.05, 0) is 55.0 Å². The summed E-state index contributed by atoms with van der Waals surface area (Å²) in [6.07, 6.45) is 0. The Balaban J connectivity index is 0.00000225. The third kappa shape index (κ3) is 3.62. The number of hydrogen-bond donors (Lipinski definition) is 2. The summed E-state index contributed by atoms with van der Waals surface area (Å²) in [6, 6.07) is 3.65. The molecule has 3 N–H and O–H groups in total. The van der Waals surface area contributed by atoms with E-state index in [1.165, 1.54) is 0 Å². The highest BCUT2D eigenvalue weighted by atomic mass is 79.9. The average molecular weight is 374 g/mol. The second-order valence-corrected chi connectivity index (χ2v) is 6.39. The second kappa shape index (κ2) is 5.71. The lowest BCUT2D eigenvalue weighted by atomic mass is 9.83. The van der Waals surface area contributed by atoms with E-state index in [0.29, 0.717) is 8.95 Å². The van der Waals surface area contributed by atoms with Crippen molar-refractivity contribution in [3.05, 3.63) is 26.6 Å². The molecule has 0 heterocycles. The molecule has 0 amide bonds. The number of nitrogens with two attached hydrogens (primary N) is 1. The number of rotatable bonds is 1. The van der Waals surface area contributed by atoms with Gasteiger partial charge in [0.05, 0.1) is 8.95 Å². The molecule has 0 fully saturated rings. The van der Waals surface area contributed by atoms with Crippen molar-refractivity contribution in [1.82, 2.24) is 0 Å². The van der Waals surface area contributed by atoms with Gasteiger partial charge in [0.15, 0.2) is 0 Å². The van der Waals surface area contributed by atoms with E-state index in [4.69, 9.17) is 5.73 Å². The van der Waals surface area contributed by atoms with Gasteiger partial charge in [-0.2, -0.15) is 0 Å². The first-order chi connectivity index (χ1) is 6.73. The Hall–Kier alpha value is 0.230. The molecule has 0 aliphatic carbocycles. The van der Waals surface area contributed by atoms with E-state index in [1.54, 1.807) is 0 Å². The summed E-state index contributed by atoms with van der Waals surface area (Å²) in [5, 5.41) is 9.58. The SMILES string of the molecule is CC(C)(C)[C@H](N)c1cc(Br)c(O)c(Br)c1.Cl. The van der Waals surface area contributed by atoms with Crippen molar-refractivity contribution in [1.29, 1.82) is 0 Å². The van der Waals surface area contributed by atoms with Crippen LogP contribution in [-0.4, -0.2) is 5.11 Å². The lowest BCUT2D eigenvalue weighted by molar-refractivity contribution is 0.326. The number of benzene rings is 1. The minimum Gasteiger partial charge on any atom is -0.506 e. The van der Waals surface area contributed by atoms with Crippen LogP contribution in [0.3, 0.4) is 0 Å². The van der Waals surface area contributed by atoms with Gasteiger partial charge in [-0.3, -0.25) is 0 Å². The zero-order valence-corrected chi connectivity index (χ0v) is 13.4. The van der Waals surface area contributed by atoms with Gasteiger partial charge in [-0.1, -0.05) is 20.8 Å². The molecule has 0 aromatic heterocycles. The molecule has 2 nitrogen and oxygen atoms in total. The third-order valence-corrected chi connectivity index (χ3v) is 3.54. The summed E-state index contributed by atoms with van der Waals surface area (Å²) >= 11 is 6.59. The molecule has 0 unspecified atom stereocenters. The molecule has 0 spiro atoms. The van der Waals surface area contributed by atoms with Crippen molar-refractivity contribution >= 4 is 44.3 Å². The normalized spacial score (nSPS) is 13.1. The summed E-state index contributed by atoms with van der Waals surface area (Å²) in [4.78, 5) is 0. The van der Waals surface area contributed by atoms with Crippen molar-refractivity contribution in [2.24, 2.45) is 11.1 Å². The zero-order valence-electron chi connectivity index (χ0n) is 9.42. The minimum absolute atomic E-state index is 0. The van der Waals surface area contributed by atoms with Crippen LogP contribution >= 0.6 is 44.3 Å². The van der Waals surface area contributed by atoms with Gasteiger partial charge in [0.2, 0.25) is 0 Å². The molecular weight excluding hydrogens is 357 g/mol. The molecule has 0 bridgehead atoms. The standard InChI is InChI=1S/C11H15Br2NO.ClH/c1-11(2,3)10(14)6-4-7(12)9(15)8(13)5-6;/h4-5,10,15H,14H2,1-3H3;1H/t10-;/m1./s1. The number of phenolic OH excluding ortho intramolecular Hbond substituents is 1. The predicted octanol–water partition coefficient (Wildman–Crippen LogP) is 4.38. The summed E-state index contributed by atoms with van der Waals surface area (Å²) in [7, 11) is 0. The largest absolute Gasteiger partial charge is 0.506 e. The van der Waals surface area contributed by atoms with Gasteiger partial charge in [-0.25, -0.2) is 0 Å². The minimum atomic E-state index is -0.0642. The Morgan fingerprint density at radius 3 is 1.88 bits per heavy atom. The van der Waals surface area contributed by atoms with Crippen LogP contribution in [0.2, 0.25) is 0 Å². The maximum absolute atomic E-state index is 9.58.